The van der Waals surface area contributed by atoms with E-state index in [1.807, 2.05) is 0 Å². The smallest absolute Gasteiger partial charge is 0.304 e. The first-order valence-electron chi connectivity index (χ1n) is 6.93. The van der Waals surface area contributed by atoms with Gasteiger partial charge in [0, 0.05) is 19.7 Å². The fraction of sp³-hybridized carbons (Fsp3) is 0.923. The Labute approximate surface area is 115 Å². The molecule has 0 saturated heterocycles. The Morgan fingerprint density at radius 3 is 2.11 bits per heavy atom. The summed E-state index contributed by atoms with van der Waals surface area (Å²) >= 11 is 0. The molecule has 0 saturated carbocycles. The van der Waals surface area contributed by atoms with Gasteiger partial charge in [0.25, 0.3) is 0 Å². The van der Waals surface area contributed by atoms with Crippen molar-refractivity contribution in [3.8, 4) is 0 Å². The largest absolute Gasteiger partial charge is 0.481 e. The summed E-state index contributed by atoms with van der Waals surface area (Å²) in [6.07, 6.45) is 2.38. The molecule has 0 aliphatic heterocycles. The first-order chi connectivity index (χ1) is 9.27. The Morgan fingerprint density at radius 1 is 0.947 bits per heavy atom. The van der Waals surface area contributed by atoms with Crippen molar-refractivity contribution in [2.75, 3.05) is 52.7 Å². The van der Waals surface area contributed by atoms with Crippen molar-refractivity contribution in [1.29, 1.82) is 0 Å². The average Bonchev–Trinajstić information content (AvgIpc) is 2.39. The number of nitrogens with one attached hydrogen (secondary N) is 1. The summed E-state index contributed by atoms with van der Waals surface area (Å²) in [4.78, 5) is 10.2. The SMILES string of the molecule is CCCCOCCOCCOCCNCCC(=O)O. The van der Waals surface area contributed by atoms with E-state index < -0.39 is 5.97 Å². The van der Waals surface area contributed by atoms with Crippen molar-refractivity contribution in [2.24, 2.45) is 0 Å². The van der Waals surface area contributed by atoms with Crippen LogP contribution in [-0.2, 0) is 19.0 Å². The fourth-order valence-electron chi connectivity index (χ4n) is 1.25. The van der Waals surface area contributed by atoms with Gasteiger partial charge in [-0.15, -0.1) is 0 Å². The normalized spacial score (nSPS) is 10.8. The number of aliphatic carboxylic acids is 1. The molecule has 0 aromatic heterocycles. The minimum Gasteiger partial charge on any atom is -0.481 e. The summed E-state index contributed by atoms with van der Waals surface area (Å²) < 4.78 is 16.0. The molecule has 0 rings (SSSR count). The Morgan fingerprint density at radius 2 is 1.53 bits per heavy atom. The van der Waals surface area contributed by atoms with Crippen LogP contribution < -0.4 is 5.32 Å². The summed E-state index contributed by atoms with van der Waals surface area (Å²) in [5.41, 5.74) is 0. The molecule has 2 N–H and O–H groups in total. The predicted octanol–water partition coefficient (Wildman–Crippen LogP) is 0.901. The Kier molecular flexibility index (Phi) is 14.8. The highest BCUT2D eigenvalue weighted by atomic mass is 16.5. The van der Waals surface area contributed by atoms with Gasteiger partial charge in [-0.3, -0.25) is 4.79 Å². The number of rotatable bonds is 15. The number of ether oxygens (including phenoxy) is 3. The lowest BCUT2D eigenvalue weighted by molar-refractivity contribution is -0.136. The molecule has 0 fully saturated rings. The molecule has 0 spiro atoms. The van der Waals surface area contributed by atoms with Crippen molar-refractivity contribution in [1.82, 2.24) is 5.32 Å². The third-order valence-electron chi connectivity index (χ3n) is 2.33. The highest BCUT2D eigenvalue weighted by molar-refractivity contribution is 5.66. The third kappa shape index (κ3) is 17.3. The molecule has 0 bridgehead atoms. The molecule has 0 aromatic carbocycles. The van der Waals surface area contributed by atoms with Crippen molar-refractivity contribution in [3.05, 3.63) is 0 Å². The van der Waals surface area contributed by atoms with Crippen LogP contribution in [0.2, 0.25) is 0 Å². The van der Waals surface area contributed by atoms with Crippen molar-refractivity contribution < 1.29 is 24.1 Å². The van der Waals surface area contributed by atoms with Gasteiger partial charge in [-0.1, -0.05) is 13.3 Å². The van der Waals surface area contributed by atoms with Crippen LogP contribution in [0.25, 0.3) is 0 Å². The van der Waals surface area contributed by atoms with E-state index in [-0.39, 0.29) is 6.42 Å². The number of carboxylic acids is 1. The summed E-state index contributed by atoms with van der Waals surface area (Å²) in [7, 11) is 0. The number of carbonyl (C=O) groups is 1. The number of hydrogen-bond donors (Lipinski definition) is 2. The summed E-state index contributed by atoms with van der Waals surface area (Å²) in [5.74, 6) is -0.789. The molecule has 0 atom stereocenters. The predicted molar refractivity (Wildman–Crippen MR) is 72.5 cm³/mol. The van der Waals surface area contributed by atoms with Crippen LogP contribution in [0.5, 0.6) is 0 Å². The van der Waals surface area contributed by atoms with Crippen molar-refractivity contribution >= 4 is 5.97 Å². The molecule has 6 nitrogen and oxygen atoms in total. The summed E-state index contributed by atoms with van der Waals surface area (Å²) in [6.45, 7) is 6.99. The maximum Gasteiger partial charge on any atom is 0.304 e. The highest BCUT2D eigenvalue weighted by Gasteiger charge is 1.95. The maximum absolute atomic E-state index is 10.2. The molecule has 0 aromatic rings. The number of hydrogen-bond acceptors (Lipinski definition) is 5. The lowest BCUT2D eigenvalue weighted by Crippen LogP contribution is -2.23. The van der Waals surface area contributed by atoms with E-state index in [0.29, 0.717) is 46.1 Å². The van der Waals surface area contributed by atoms with E-state index >= 15 is 0 Å². The van der Waals surface area contributed by atoms with Gasteiger partial charge in [-0.25, -0.2) is 0 Å². The van der Waals surface area contributed by atoms with Crippen molar-refractivity contribution in [2.45, 2.75) is 26.2 Å². The minimum absolute atomic E-state index is 0.140. The molecular formula is C13H27NO5. The Hall–Kier alpha value is -0.690. The zero-order valence-electron chi connectivity index (χ0n) is 11.9. The molecular weight excluding hydrogens is 250 g/mol. The van der Waals surface area contributed by atoms with Gasteiger partial charge in [0.15, 0.2) is 0 Å². The second-order valence-electron chi connectivity index (χ2n) is 4.08. The summed E-state index contributed by atoms with van der Waals surface area (Å²) in [5, 5.41) is 11.4. The second-order valence-corrected chi connectivity index (χ2v) is 4.08. The van der Waals surface area contributed by atoms with E-state index in [2.05, 4.69) is 12.2 Å². The minimum atomic E-state index is -0.789. The molecule has 114 valence electrons. The maximum atomic E-state index is 10.2. The third-order valence-corrected chi connectivity index (χ3v) is 2.33. The quantitative estimate of drug-likeness (QED) is 0.433. The van der Waals surface area contributed by atoms with Gasteiger partial charge in [-0.05, 0) is 6.42 Å². The second kappa shape index (κ2) is 15.4. The van der Waals surface area contributed by atoms with Gasteiger partial charge in [0.2, 0.25) is 0 Å². The molecule has 6 heteroatoms. The Bertz CT molecular complexity index is 201. The molecule has 19 heavy (non-hydrogen) atoms. The van der Waals surface area contributed by atoms with Gasteiger partial charge in [0.1, 0.15) is 0 Å². The number of unbranched alkanes of at least 4 members (excludes halogenated alkanes) is 1. The molecule has 0 aliphatic carbocycles. The average molecular weight is 277 g/mol. The molecule has 0 heterocycles. The Balaban J connectivity index is 2.93. The van der Waals surface area contributed by atoms with Crippen LogP contribution in [0.15, 0.2) is 0 Å². The number of carboxylic acid groups (broad SMARTS) is 1. The van der Waals surface area contributed by atoms with Gasteiger partial charge in [-0.2, -0.15) is 0 Å². The van der Waals surface area contributed by atoms with Crippen LogP contribution in [-0.4, -0.2) is 63.8 Å². The van der Waals surface area contributed by atoms with Crippen LogP contribution >= 0.6 is 0 Å². The van der Waals surface area contributed by atoms with E-state index in [0.717, 1.165) is 19.4 Å². The van der Waals surface area contributed by atoms with E-state index in [4.69, 9.17) is 19.3 Å². The standard InChI is InChI=1S/C13H27NO5/c1-2-3-7-17-9-11-19-12-10-18-8-6-14-5-4-13(15)16/h14H,2-12H2,1H3,(H,15,16). The molecule has 0 radical (unpaired) electrons. The molecule has 0 unspecified atom stereocenters. The lowest BCUT2D eigenvalue weighted by Gasteiger charge is -2.07. The van der Waals surface area contributed by atoms with E-state index in [1.165, 1.54) is 0 Å². The molecule has 0 amide bonds. The first-order valence-corrected chi connectivity index (χ1v) is 6.93. The molecule has 0 aliphatic rings. The fourth-order valence-corrected chi connectivity index (χ4v) is 1.25. The van der Waals surface area contributed by atoms with E-state index in [1.54, 1.807) is 0 Å². The highest BCUT2D eigenvalue weighted by Crippen LogP contribution is 1.88. The van der Waals surface area contributed by atoms with Gasteiger partial charge in [0.05, 0.1) is 39.5 Å². The van der Waals surface area contributed by atoms with E-state index in [9.17, 15) is 4.79 Å². The van der Waals surface area contributed by atoms with Crippen molar-refractivity contribution in [3.63, 3.8) is 0 Å². The topological polar surface area (TPSA) is 77.0 Å². The monoisotopic (exact) mass is 277 g/mol. The van der Waals surface area contributed by atoms with Crippen LogP contribution in [0.3, 0.4) is 0 Å². The first kappa shape index (κ1) is 18.3. The summed E-state index contributed by atoms with van der Waals surface area (Å²) in [6, 6.07) is 0. The van der Waals surface area contributed by atoms with Crippen LogP contribution in [0.4, 0.5) is 0 Å². The van der Waals surface area contributed by atoms with Gasteiger partial charge >= 0.3 is 5.97 Å². The van der Waals surface area contributed by atoms with Gasteiger partial charge < -0.3 is 24.6 Å². The zero-order valence-corrected chi connectivity index (χ0v) is 11.9. The lowest BCUT2D eigenvalue weighted by atomic mass is 10.4. The van der Waals surface area contributed by atoms with Crippen LogP contribution in [0, 0.1) is 0 Å². The zero-order chi connectivity index (χ0) is 14.2. The van der Waals surface area contributed by atoms with Crippen LogP contribution in [0.1, 0.15) is 26.2 Å².